The van der Waals surface area contributed by atoms with Gasteiger partial charge in [-0.2, -0.15) is 0 Å². The van der Waals surface area contributed by atoms with E-state index in [-0.39, 0.29) is 0 Å². The van der Waals surface area contributed by atoms with E-state index in [4.69, 9.17) is 9.15 Å². The van der Waals surface area contributed by atoms with E-state index in [1.165, 1.54) is 44.1 Å². The van der Waals surface area contributed by atoms with Crippen molar-refractivity contribution in [2.24, 2.45) is 0 Å². The van der Waals surface area contributed by atoms with Crippen molar-refractivity contribution in [2.75, 3.05) is 7.05 Å². The lowest BCUT2D eigenvalue weighted by Crippen LogP contribution is -2.11. The fourth-order valence-corrected chi connectivity index (χ4v) is 2.61. The summed E-state index contributed by atoms with van der Waals surface area (Å²) in [7, 11) is 1.93. The zero-order valence-electron chi connectivity index (χ0n) is 11.6. The number of nitrogens with one attached hydrogen (secondary N) is 1. The highest BCUT2D eigenvalue weighted by Crippen LogP contribution is 2.22. The average Bonchev–Trinajstić information content (AvgIpc) is 2.56. The summed E-state index contributed by atoms with van der Waals surface area (Å²) in [5, 5.41) is 3.10. The molecule has 1 N–H and O–H groups in total. The van der Waals surface area contributed by atoms with Crippen molar-refractivity contribution >= 4 is 0 Å². The molecule has 0 unspecified atom stereocenters. The fourth-order valence-electron chi connectivity index (χ4n) is 2.61. The van der Waals surface area contributed by atoms with Crippen LogP contribution in [0, 0.1) is 6.92 Å². The molecule has 1 fully saturated rings. The lowest BCUT2D eigenvalue weighted by Gasteiger charge is -2.14. The lowest BCUT2D eigenvalue weighted by atomic mass is 10.1. The SMILES string of the molecule is CNCc1cc(COC2CCCCCC2)c(C)o1. The van der Waals surface area contributed by atoms with Crippen LogP contribution in [-0.2, 0) is 17.9 Å². The summed E-state index contributed by atoms with van der Waals surface area (Å²) < 4.78 is 11.7. The molecule has 1 saturated carbocycles. The van der Waals surface area contributed by atoms with Gasteiger partial charge in [-0.05, 0) is 32.9 Å². The predicted molar refractivity (Wildman–Crippen MR) is 72.5 cm³/mol. The minimum absolute atomic E-state index is 0.453. The van der Waals surface area contributed by atoms with E-state index in [2.05, 4.69) is 11.4 Å². The minimum atomic E-state index is 0.453. The molecule has 1 aliphatic carbocycles. The molecule has 0 aromatic carbocycles. The Balaban J connectivity index is 1.84. The molecule has 3 nitrogen and oxygen atoms in total. The van der Waals surface area contributed by atoms with Gasteiger partial charge in [0.1, 0.15) is 11.5 Å². The minimum Gasteiger partial charge on any atom is -0.465 e. The molecule has 3 heteroatoms. The maximum Gasteiger partial charge on any atom is 0.118 e. The van der Waals surface area contributed by atoms with Gasteiger partial charge in [0.25, 0.3) is 0 Å². The lowest BCUT2D eigenvalue weighted by molar-refractivity contribution is 0.0304. The third-order valence-corrected chi connectivity index (χ3v) is 3.70. The van der Waals surface area contributed by atoms with Crippen molar-refractivity contribution in [3.63, 3.8) is 0 Å². The predicted octanol–water partition coefficient (Wildman–Crippen LogP) is 3.55. The molecular weight excluding hydrogens is 226 g/mol. The molecule has 0 radical (unpaired) electrons. The van der Waals surface area contributed by atoms with Crippen molar-refractivity contribution in [1.82, 2.24) is 5.32 Å². The van der Waals surface area contributed by atoms with E-state index >= 15 is 0 Å². The largest absolute Gasteiger partial charge is 0.465 e. The van der Waals surface area contributed by atoms with Gasteiger partial charge in [-0.25, -0.2) is 0 Å². The normalized spacial score (nSPS) is 17.9. The highest BCUT2D eigenvalue weighted by Gasteiger charge is 2.14. The Labute approximate surface area is 110 Å². The van der Waals surface area contributed by atoms with Crippen molar-refractivity contribution in [2.45, 2.75) is 64.7 Å². The highest BCUT2D eigenvalue weighted by atomic mass is 16.5. The Morgan fingerprint density at radius 1 is 1.28 bits per heavy atom. The van der Waals surface area contributed by atoms with Crippen LogP contribution < -0.4 is 5.32 Å². The van der Waals surface area contributed by atoms with Crippen LogP contribution in [0.4, 0.5) is 0 Å². The smallest absolute Gasteiger partial charge is 0.118 e. The van der Waals surface area contributed by atoms with Crippen molar-refractivity contribution in [3.05, 3.63) is 23.2 Å². The summed E-state index contributed by atoms with van der Waals surface area (Å²) in [5.74, 6) is 1.99. The van der Waals surface area contributed by atoms with E-state index in [9.17, 15) is 0 Å². The highest BCUT2D eigenvalue weighted by molar-refractivity contribution is 5.19. The summed E-state index contributed by atoms with van der Waals surface area (Å²) in [6.45, 7) is 3.50. The maximum atomic E-state index is 6.04. The molecule has 0 bridgehead atoms. The summed E-state index contributed by atoms with van der Waals surface area (Å²) >= 11 is 0. The molecule has 0 aliphatic heterocycles. The molecule has 0 atom stereocenters. The van der Waals surface area contributed by atoms with Crippen LogP contribution in [0.25, 0.3) is 0 Å². The van der Waals surface area contributed by atoms with E-state index in [0.29, 0.717) is 12.7 Å². The first-order valence-electron chi connectivity index (χ1n) is 7.14. The Morgan fingerprint density at radius 3 is 2.67 bits per heavy atom. The Kier molecular flexibility index (Phi) is 5.26. The average molecular weight is 251 g/mol. The van der Waals surface area contributed by atoms with Crippen LogP contribution in [0.15, 0.2) is 10.5 Å². The van der Waals surface area contributed by atoms with Crippen molar-refractivity contribution in [3.8, 4) is 0 Å². The third kappa shape index (κ3) is 3.85. The molecule has 18 heavy (non-hydrogen) atoms. The van der Waals surface area contributed by atoms with Gasteiger partial charge < -0.3 is 14.5 Å². The first-order valence-corrected chi connectivity index (χ1v) is 7.14. The van der Waals surface area contributed by atoms with Gasteiger partial charge in [-0.3, -0.25) is 0 Å². The van der Waals surface area contributed by atoms with E-state index < -0.39 is 0 Å². The summed E-state index contributed by atoms with van der Waals surface area (Å²) in [4.78, 5) is 0. The van der Waals surface area contributed by atoms with Gasteiger partial charge in [0, 0.05) is 5.56 Å². The Bertz CT molecular complexity index is 351. The zero-order chi connectivity index (χ0) is 12.8. The summed E-state index contributed by atoms with van der Waals surface area (Å²) in [6.07, 6.45) is 8.28. The number of aryl methyl sites for hydroxylation is 1. The quantitative estimate of drug-likeness (QED) is 0.813. The van der Waals surface area contributed by atoms with E-state index in [1.54, 1.807) is 0 Å². The molecule has 0 amide bonds. The summed E-state index contributed by atoms with van der Waals surface area (Å²) in [5.41, 5.74) is 1.20. The molecule has 1 aromatic heterocycles. The molecular formula is C15H25NO2. The second-order valence-corrected chi connectivity index (χ2v) is 5.25. The molecule has 1 heterocycles. The molecule has 0 spiro atoms. The van der Waals surface area contributed by atoms with Gasteiger partial charge in [0.15, 0.2) is 0 Å². The second kappa shape index (κ2) is 6.95. The van der Waals surface area contributed by atoms with Crippen molar-refractivity contribution < 1.29 is 9.15 Å². The first kappa shape index (κ1) is 13.6. The zero-order valence-corrected chi connectivity index (χ0v) is 11.6. The van der Waals surface area contributed by atoms with Gasteiger partial charge in [-0.1, -0.05) is 25.7 Å². The van der Waals surface area contributed by atoms with E-state index in [0.717, 1.165) is 18.1 Å². The molecule has 0 saturated heterocycles. The van der Waals surface area contributed by atoms with Crippen LogP contribution in [-0.4, -0.2) is 13.2 Å². The second-order valence-electron chi connectivity index (χ2n) is 5.25. The van der Waals surface area contributed by atoms with Gasteiger partial charge >= 0.3 is 0 Å². The number of ether oxygens (including phenoxy) is 1. The van der Waals surface area contributed by atoms with Crippen LogP contribution in [0.2, 0.25) is 0 Å². The van der Waals surface area contributed by atoms with E-state index in [1.807, 2.05) is 14.0 Å². The molecule has 1 aliphatic rings. The maximum absolute atomic E-state index is 6.04. The van der Waals surface area contributed by atoms with Gasteiger partial charge in [0.2, 0.25) is 0 Å². The van der Waals surface area contributed by atoms with Crippen molar-refractivity contribution in [1.29, 1.82) is 0 Å². The number of furan rings is 1. The van der Waals surface area contributed by atoms with Gasteiger partial charge in [0.05, 0.1) is 19.3 Å². The number of hydrogen-bond acceptors (Lipinski definition) is 3. The monoisotopic (exact) mass is 251 g/mol. The van der Waals surface area contributed by atoms with Crippen LogP contribution in [0.1, 0.15) is 55.6 Å². The Morgan fingerprint density at radius 2 is 2.00 bits per heavy atom. The van der Waals surface area contributed by atoms with Crippen LogP contribution in [0.3, 0.4) is 0 Å². The summed E-state index contributed by atoms with van der Waals surface area (Å²) in [6, 6.07) is 2.11. The van der Waals surface area contributed by atoms with Gasteiger partial charge in [-0.15, -0.1) is 0 Å². The fraction of sp³-hybridized carbons (Fsp3) is 0.733. The standard InChI is InChI=1S/C15H25NO2/c1-12-13(9-15(18-12)10-16-2)11-17-14-7-5-3-4-6-8-14/h9,14,16H,3-8,10-11H2,1-2H3. The van der Waals surface area contributed by atoms with Crippen LogP contribution in [0.5, 0.6) is 0 Å². The number of hydrogen-bond donors (Lipinski definition) is 1. The number of rotatable bonds is 5. The topological polar surface area (TPSA) is 34.4 Å². The molecule has 102 valence electrons. The Hall–Kier alpha value is -0.800. The molecule has 2 rings (SSSR count). The third-order valence-electron chi connectivity index (χ3n) is 3.70. The van der Waals surface area contributed by atoms with Crippen LogP contribution >= 0.6 is 0 Å². The molecule has 1 aromatic rings. The first-order chi connectivity index (χ1) is 8.79.